The third kappa shape index (κ3) is 19.8. The Hall–Kier alpha value is -3.34. The summed E-state index contributed by atoms with van der Waals surface area (Å²) in [5, 5.41) is 67.2. The van der Waals surface area contributed by atoms with Crippen LogP contribution in [0.15, 0.2) is 0 Å². The second-order valence-corrected chi connectivity index (χ2v) is 12.7. The number of unbranched alkanes of at least 4 members (excludes halogenated alkanes) is 1. The number of esters is 2. The van der Waals surface area contributed by atoms with Crippen molar-refractivity contribution in [3.8, 4) is 0 Å². The zero-order chi connectivity index (χ0) is 36.4. The number of carboxylic acid groups (broad SMARTS) is 4. The Morgan fingerprint density at radius 2 is 1.04 bits per heavy atom. The van der Waals surface area contributed by atoms with Crippen LogP contribution in [0.1, 0.15) is 98.3 Å². The first-order chi connectivity index (χ1) is 21.7. The molecule has 0 heterocycles. The molecule has 0 radical (unpaired) electrons. The predicted molar refractivity (Wildman–Crippen MR) is 164 cm³/mol. The molecule has 47 heavy (non-hydrogen) atoms. The lowest BCUT2D eigenvalue weighted by Crippen LogP contribution is -2.41. The van der Waals surface area contributed by atoms with E-state index in [1.165, 1.54) is 0 Å². The molecule has 9 N–H and O–H groups in total. The van der Waals surface area contributed by atoms with E-state index in [2.05, 4.69) is 0 Å². The maximum absolute atomic E-state index is 12.8. The van der Waals surface area contributed by atoms with Crippen molar-refractivity contribution in [1.29, 1.82) is 0 Å². The molecule has 0 aliphatic heterocycles. The molecule has 0 aliphatic rings. The first-order valence-electron chi connectivity index (χ1n) is 15.8. The van der Waals surface area contributed by atoms with Gasteiger partial charge < -0.3 is 51.0 Å². The van der Waals surface area contributed by atoms with Gasteiger partial charge in [-0.2, -0.15) is 0 Å². The number of ether oxygens (including phenoxy) is 2. The Morgan fingerprint density at radius 1 is 0.617 bits per heavy atom. The lowest BCUT2D eigenvalue weighted by atomic mass is 9.89. The molecule has 0 aliphatic carbocycles. The summed E-state index contributed by atoms with van der Waals surface area (Å²) in [7, 11) is 0. The van der Waals surface area contributed by atoms with Gasteiger partial charge >= 0.3 is 35.8 Å². The molecule has 9 atom stereocenters. The van der Waals surface area contributed by atoms with Crippen LogP contribution >= 0.6 is 0 Å². The van der Waals surface area contributed by atoms with Crippen LogP contribution in [-0.4, -0.2) is 108 Å². The predicted octanol–water partition coefficient (Wildman–Crippen LogP) is 1.39. The maximum atomic E-state index is 12.8. The highest BCUT2D eigenvalue weighted by Crippen LogP contribution is 2.27. The molecule has 16 nitrogen and oxygen atoms in total. The second-order valence-electron chi connectivity index (χ2n) is 12.7. The molecule has 0 unspecified atom stereocenters. The zero-order valence-electron chi connectivity index (χ0n) is 27.5. The fraction of sp³-hybridized carbons (Fsp3) is 0.806. The van der Waals surface area contributed by atoms with Gasteiger partial charge in [0.05, 0.1) is 55.8 Å². The molecular formula is C31H53NO15. The van der Waals surface area contributed by atoms with E-state index < -0.39 is 116 Å². The van der Waals surface area contributed by atoms with Crippen molar-refractivity contribution in [1.82, 2.24) is 0 Å². The third-order valence-corrected chi connectivity index (χ3v) is 7.69. The van der Waals surface area contributed by atoms with Gasteiger partial charge in [-0.25, -0.2) is 0 Å². The molecule has 0 aromatic carbocycles. The van der Waals surface area contributed by atoms with E-state index in [0.717, 1.165) is 0 Å². The minimum atomic E-state index is -1.59. The normalized spacial score (nSPS) is 17.3. The Bertz CT molecular complexity index is 1020. The number of hydrogen-bond donors (Lipinski definition) is 8. The first kappa shape index (κ1) is 43.7. The highest BCUT2D eigenvalue weighted by atomic mass is 16.6. The van der Waals surface area contributed by atoms with Gasteiger partial charge in [0.25, 0.3) is 0 Å². The van der Waals surface area contributed by atoms with E-state index in [9.17, 15) is 54.3 Å². The van der Waals surface area contributed by atoms with Gasteiger partial charge in [0.2, 0.25) is 0 Å². The molecule has 0 rings (SSSR count). The van der Waals surface area contributed by atoms with Crippen molar-refractivity contribution >= 4 is 35.8 Å². The molecule has 0 saturated carbocycles. The summed E-state index contributed by atoms with van der Waals surface area (Å²) < 4.78 is 11.1. The molecule has 0 spiro atoms. The molecule has 0 fully saturated rings. The van der Waals surface area contributed by atoms with Crippen LogP contribution in [0.2, 0.25) is 0 Å². The van der Waals surface area contributed by atoms with E-state index >= 15 is 0 Å². The Morgan fingerprint density at radius 3 is 1.43 bits per heavy atom. The van der Waals surface area contributed by atoms with Gasteiger partial charge in [0.1, 0.15) is 12.2 Å². The van der Waals surface area contributed by atoms with Crippen LogP contribution in [0, 0.1) is 23.7 Å². The average Bonchev–Trinajstić information content (AvgIpc) is 2.92. The average molecular weight is 680 g/mol. The number of rotatable bonds is 26. The molecule has 272 valence electrons. The first-order valence-corrected chi connectivity index (χ1v) is 15.8. The molecular weight excluding hydrogens is 626 g/mol. The maximum Gasteiger partial charge on any atom is 0.307 e. The van der Waals surface area contributed by atoms with Gasteiger partial charge in [0, 0.05) is 12.5 Å². The summed E-state index contributed by atoms with van der Waals surface area (Å²) in [6, 6.07) is -0.475. The Balaban J connectivity index is 5.66. The number of carbonyl (C=O) groups is 6. The van der Waals surface area contributed by atoms with E-state index in [1.807, 2.05) is 0 Å². The van der Waals surface area contributed by atoms with Gasteiger partial charge in [-0.15, -0.1) is 0 Å². The van der Waals surface area contributed by atoms with Gasteiger partial charge in [0.15, 0.2) is 0 Å². The standard InChI is InChI=1S/C31H53NO15/c1-16(2)29(47-28(41)14-20(31(44)45)12-26(38)39)24(46-27(40)13-19(30(42)43)11-25(36)37)10-17(3)9-21(33)7-5-6-8-22(34)15-23(35)18(4)32/h16-24,29,33-35H,5-15,32H2,1-4H3,(H,36,37)(H,38,39)(H,42,43)(H,44,45)/t17-,18-,19+,20+,21+,22+,23-,24-,29+/m0/s1. The van der Waals surface area contributed by atoms with Crippen LogP contribution in [0.5, 0.6) is 0 Å². The van der Waals surface area contributed by atoms with Crippen LogP contribution in [0.3, 0.4) is 0 Å². The SMILES string of the molecule is CC(C)[C@@H](OC(=O)C[C@@H](CC(=O)O)C(=O)O)[C@H](C[C@@H](C)C[C@H](O)CCCC[C@@H](O)C[C@H](O)[C@H](C)N)OC(=O)C[C@@H](CC(=O)O)C(=O)O. The van der Waals surface area contributed by atoms with Gasteiger partial charge in [-0.05, 0) is 44.4 Å². The molecule has 0 aromatic heterocycles. The number of aliphatic hydroxyl groups excluding tert-OH is 3. The second kappa shape index (κ2) is 22.3. The number of aliphatic hydroxyl groups is 3. The van der Waals surface area contributed by atoms with Crippen molar-refractivity contribution in [3.63, 3.8) is 0 Å². The molecule has 0 aromatic rings. The van der Waals surface area contributed by atoms with E-state index in [-0.39, 0.29) is 25.2 Å². The minimum absolute atomic E-state index is 0.0148. The van der Waals surface area contributed by atoms with Crippen molar-refractivity contribution in [2.24, 2.45) is 29.4 Å². The monoisotopic (exact) mass is 679 g/mol. The molecule has 0 amide bonds. The van der Waals surface area contributed by atoms with E-state index in [1.54, 1.807) is 27.7 Å². The van der Waals surface area contributed by atoms with Crippen LogP contribution in [0.25, 0.3) is 0 Å². The van der Waals surface area contributed by atoms with E-state index in [4.69, 9.17) is 25.4 Å². The lowest BCUT2D eigenvalue weighted by Gasteiger charge is -2.32. The summed E-state index contributed by atoms with van der Waals surface area (Å²) in [6.45, 7) is 6.62. The molecule has 0 saturated heterocycles. The quantitative estimate of drug-likeness (QED) is 0.0473. The Kier molecular flexibility index (Phi) is 20.7. The fourth-order valence-electron chi connectivity index (χ4n) is 5.07. The number of nitrogens with two attached hydrogens (primary N) is 1. The van der Waals surface area contributed by atoms with Crippen molar-refractivity contribution in [2.75, 3.05) is 0 Å². The highest BCUT2D eigenvalue weighted by Gasteiger charge is 2.36. The summed E-state index contributed by atoms with van der Waals surface area (Å²) >= 11 is 0. The van der Waals surface area contributed by atoms with Crippen LogP contribution in [0.4, 0.5) is 0 Å². The zero-order valence-corrected chi connectivity index (χ0v) is 27.5. The van der Waals surface area contributed by atoms with Gasteiger partial charge in [-0.3, -0.25) is 28.8 Å². The Labute approximate surface area is 274 Å². The summed E-state index contributed by atoms with van der Waals surface area (Å²) in [5.74, 6) is -12.1. The summed E-state index contributed by atoms with van der Waals surface area (Å²) in [4.78, 5) is 70.7. The van der Waals surface area contributed by atoms with Crippen molar-refractivity contribution in [2.45, 2.75) is 135 Å². The summed E-state index contributed by atoms with van der Waals surface area (Å²) in [6.07, 6.45) is -5.73. The van der Waals surface area contributed by atoms with Crippen molar-refractivity contribution in [3.05, 3.63) is 0 Å². The van der Waals surface area contributed by atoms with Gasteiger partial charge in [-0.1, -0.05) is 33.6 Å². The van der Waals surface area contributed by atoms with E-state index in [0.29, 0.717) is 25.7 Å². The van der Waals surface area contributed by atoms with Crippen molar-refractivity contribution < 1.29 is 74.0 Å². The summed E-state index contributed by atoms with van der Waals surface area (Å²) in [5.41, 5.74) is 5.61. The molecule has 16 heteroatoms. The fourth-order valence-corrected chi connectivity index (χ4v) is 5.07. The third-order valence-electron chi connectivity index (χ3n) is 7.69. The lowest BCUT2D eigenvalue weighted by molar-refractivity contribution is -0.176. The van der Waals surface area contributed by atoms with Crippen LogP contribution in [-0.2, 0) is 38.2 Å². The number of aliphatic carboxylic acids is 4. The largest absolute Gasteiger partial charge is 0.481 e. The number of hydrogen-bond acceptors (Lipinski definition) is 12. The van der Waals surface area contributed by atoms with Crippen LogP contribution < -0.4 is 5.73 Å². The minimum Gasteiger partial charge on any atom is -0.481 e. The molecule has 0 bridgehead atoms. The number of carboxylic acids is 4. The number of carbonyl (C=O) groups excluding carboxylic acids is 2. The highest BCUT2D eigenvalue weighted by molar-refractivity contribution is 5.83. The smallest absolute Gasteiger partial charge is 0.307 e. The topological polar surface area (TPSA) is 289 Å².